The van der Waals surface area contributed by atoms with E-state index in [9.17, 15) is 14.4 Å². The highest BCUT2D eigenvalue weighted by Crippen LogP contribution is 2.09. The van der Waals surface area contributed by atoms with Crippen LogP contribution in [0.5, 0.6) is 0 Å². The van der Waals surface area contributed by atoms with Gasteiger partial charge in [0.2, 0.25) is 17.7 Å². The Hall–Kier alpha value is -1.63. The van der Waals surface area contributed by atoms with Crippen molar-refractivity contribution in [3.05, 3.63) is 0 Å². The van der Waals surface area contributed by atoms with E-state index in [4.69, 9.17) is 0 Å². The summed E-state index contributed by atoms with van der Waals surface area (Å²) in [5.41, 5.74) is 0. The summed E-state index contributed by atoms with van der Waals surface area (Å²) in [7, 11) is 0. The molecule has 2 N–H and O–H groups in total. The smallest absolute Gasteiger partial charge is 0.242 e. The highest BCUT2D eigenvalue weighted by Gasteiger charge is 2.33. The maximum Gasteiger partial charge on any atom is 0.242 e. The van der Waals surface area contributed by atoms with Crippen LogP contribution in [0, 0.1) is 0 Å². The summed E-state index contributed by atoms with van der Waals surface area (Å²) in [4.78, 5) is 38.7. The predicted octanol–water partition coefficient (Wildman–Crippen LogP) is -1.84. The van der Waals surface area contributed by atoms with Crippen LogP contribution in [0.3, 0.4) is 0 Å². The fourth-order valence-electron chi connectivity index (χ4n) is 2.49. The molecule has 2 saturated heterocycles. The van der Waals surface area contributed by atoms with E-state index >= 15 is 0 Å². The van der Waals surface area contributed by atoms with Gasteiger partial charge in [0.15, 0.2) is 0 Å². The molecular formula is C12H20N4O3. The summed E-state index contributed by atoms with van der Waals surface area (Å²) < 4.78 is 0. The second-order valence-corrected chi connectivity index (χ2v) is 4.79. The fourth-order valence-corrected chi connectivity index (χ4v) is 2.49. The molecule has 0 bridgehead atoms. The van der Waals surface area contributed by atoms with E-state index in [1.165, 1.54) is 0 Å². The number of piperazine rings is 2. The van der Waals surface area contributed by atoms with E-state index in [1.807, 2.05) is 6.92 Å². The molecular weight excluding hydrogens is 248 g/mol. The Balaban J connectivity index is 1.97. The van der Waals surface area contributed by atoms with Gasteiger partial charge in [0, 0.05) is 26.2 Å². The van der Waals surface area contributed by atoms with Crippen molar-refractivity contribution in [2.45, 2.75) is 19.4 Å². The average Bonchev–Trinajstić information content (AvgIpc) is 2.41. The molecule has 0 aromatic carbocycles. The summed E-state index contributed by atoms with van der Waals surface area (Å²) in [6.45, 7) is 4.49. The van der Waals surface area contributed by atoms with Gasteiger partial charge < -0.3 is 20.4 Å². The number of hydrogen-bond acceptors (Lipinski definition) is 4. The van der Waals surface area contributed by atoms with Crippen molar-refractivity contribution < 1.29 is 14.4 Å². The van der Waals surface area contributed by atoms with Crippen LogP contribution in [0.1, 0.15) is 13.3 Å². The number of nitrogens with zero attached hydrogens (tertiary/aromatic N) is 2. The van der Waals surface area contributed by atoms with Crippen molar-refractivity contribution in [3.8, 4) is 0 Å². The lowest BCUT2D eigenvalue weighted by Crippen LogP contribution is -2.59. The molecule has 2 aliphatic rings. The van der Waals surface area contributed by atoms with Gasteiger partial charge >= 0.3 is 0 Å². The van der Waals surface area contributed by atoms with Crippen LogP contribution in [0.4, 0.5) is 0 Å². The zero-order chi connectivity index (χ0) is 13.8. The summed E-state index contributed by atoms with van der Waals surface area (Å²) >= 11 is 0. The lowest BCUT2D eigenvalue weighted by Gasteiger charge is -2.36. The molecule has 2 rings (SSSR count). The van der Waals surface area contributed by atoms with Crippen LogP contribution in [0.25, 0.3) is 0 Å². The molecule has 7 nitrogen and oxygen atoms in total. The topological polar surface area (TPSA) is 81.8 Å². The summed E-state index contributed by atoms with van der Waals surface area (Å²) in [5.74, 6) is -0.306. The highest BCUT2D eigenvalue weighted by atomic mass is 16.2. The van der Waals surface area contributed by atoms with Gasteiger partial charge in [-0.15, -0.1) is 0 Å². The van der Waals surface area contributed by atoms with Crippen LogP contribution >= 0.6 is 0 Å². The number of carbonyl (C=O) groups is 3. The second kappa shape index (κ2) is 6.01. The minimum Gasteiger partial charge on any atom is -0.353 e. The quantitative estimate of drug-likeness (QED) is 0.630. The van der Waals surface area contributed by atoms with Gasteiger partial charge in [-0.1, -0.05) is 6.92 Å². The van der Waals surface area contributed by atoms with Crippen molar-refractivity contribution >= 4 is 17.7 Å². The second-order valence-electron chi connectivity index (χ2n) is 4.79. The maximum atomic E-state index is 12.3. The van der Waals surface area contributed by atoms with E-state index in [-0.39, 0.29) is 30.8 Å². The van der Waals surface area contributed by atoms with Crippen LogP contribution in [-0.2, 0) is 14.4 Å². The summed E-state index contributed by atoms with van der Waals surface area (Å²) in [6, 6.07) is -0.403. The van der Waals surface area contributed by atoms with Crippen LogP contribution < -0.4 is 10.6 Å². The molecule has 0 unspecified atom stereocenters. The molecule has 0 spiro atoms. The Labute approximate surface area is 112 Å². The number of rotatable bonds is 3. The van der Waals surface area contributed by atoms with Gasteiger partial charge in [0.25, 0.3) is 0 Å². The zero-order valence-corrected chi connectivity index (χ0v) is 11.1. The third-order valence-electron chi connectivity index (χ3n) is 3.55. The molecule has 1 atom stereocenters. The van der Waals surface area contributed by atoms with E-state index in [0.29, 0.717) is 32.6 Å². The van der Waals surface area contributed by atoms with Gasteiger partial charge in [0.05, 0.1) is 13.1 Å². The Bertz CT molecular complexity index is 385. The Kier molecular flexibility index (Phi) is 4.36. The number of carbonyl (C=O) groups excluding carboxylic acids is 3. The first-order valence-electron chi connectivity index (χ1n) is 6.69. The minimum absolute atomic E-state index is 0.0610. The van der Waals surface area contributed by atoms with Crippen molar-refractivity contribution in [2.75, 3.05) is 39.3 Å². The summed E-state index contributed by atoms with van der Waals surface area (Å²) in [6.07, 6.45) is 0.590. The van der Waals surface area contributed by atoms with Gasteiger partial charge in [-0.3, -0.25) is 14.4 Å². The van der Waals surface area contributed by atoms with Crippen LogP contribution in [-0.4, -0.2) is 72.8 Å². The van der Waals surface area contributed by atoms with E-state index in [0.717, 1.165) is 0 Å². The third-order valence-corrected chi connectivity index (χ3v) is 3.55. The Morgan fingerprint density at radius 3 is 2.79 bits per heavy atom. The van der Waals surface area contributed by atoms with Crippen molar-refractivity contribution in [1.82, 2.24) is 20.4 Å². The SMILES string of the molecule is CC[C@@H]1C(=O)NCCN1C(=O)CN1CCNCC1=O. The minimum atomic E-state index is -0.403. The predicted molar refractivity (Wildman–Crippen MR) is 68.3 cm³/mol. The average molecular weight is 268 g/mol. The normalized spacial score (nSPS) is 24.4. The zero-order valence-electron chi connectivity index (χ0n) is 11.1. The molecule has 2 fully saturated rings. The van der Waals surface area contributed by atoms with Crippen molar-refractivity contribution in [1.29, 1.82) is 0 Å². The maximum absolute atomic E-state index is 12.3. The van der Waals surface area contributed by atoms with Crippen LogP contribution in [0.15, 0.2) is 0 Å². The first-order valence-corrected chi connectivity index (χ1v) is 6.69. The largest absolute Gasteiger partial charge is 0.353 e. The third kappa shape index (κ3) is 3.04. The Morgan fingerprint density at radius 2 is 2.11 bits per heavy atom. The Morgan fingerprint density at radius 1 is 1.32 bits per heavy atom. The van der Waals surface area contributed by atoms with E-state index in [2.05, 4.69) is 10.6 Å². The molecule has 2 heterocycles. The number of amides is 3. The molecule has 0 saturated carbocycles. The lowest BCUT2D eigenvalue weighted by atomic mass is 10.1. The molecule has 0 aromatic rings. The molecule has 0 aliphatic carbocycles. The highest BCUT2D eigenvalue weighted by molar-refractivity contribution is 5.91. The van der Waals surface area contributed by atoms with Gasteiger partial charge in [-0.2, -0.15) is 0 Å². The van der Waals surface area contributed by atoms with Gasteiger partial charge in [-0.25, -0.2) is 0 Å². The molecule has 7 heteroatoms. The summed E-state index contributed by atoms with van der Waals surface area (Å²) in [5, 5.41) is 5.72. The van der Waals surface area contributed by atoms with Gasteiger partial charge in [-0.05, 0) is 6.42 Å². The molecule has 19 heavy (non-hydrogen) atoms. The first kappa shape index (κ1) is 13.8. The first-order chi connectivity index (χ1) is 9.13. The molecule has 3 amide bonds. The monoisotopic (exact) mass is 268 g/mol. The van der Waals surface area contributed by atoms with Gasteiger partial charge in [0.1, 0.15) is 6.04 Å². The number of nitrogens with one attached hydrogen (secondary N) is 2. The van der Waals surface area contributed by atoms with E-state index in [1.54, 1.807) is 9.80 Å². The standard InChI is InChI=1S/C12H20N4O3/c1-2-9-12(19)14-4-6-16(9)11(18)8-15-5-3-13-7-10(15)17/h9,13H,2-8H2,1H3,(H,14,19)/t9-/m1/s1. The number of hydrogen-bond donors (Lipinski definition) is 2. The van der Waals surface area contributed by atoms with Crippen molar-refractivity contribution in [2.24, 2.45) is 0 Å². The molecule has 2 aliphatic heterocycles. The molecule has 0 radical (unpaired) electrons. The molecule has 0 aromatic heterocycles. The van der Waals surface area contributed by atoms with E-state index < -0.39 is 6.04 Å². The van der Waals surface area contributed by atoms with Crippen molar-refractivity contribution in [3.63, 3.8) is 0 Å². The molecule has 106 valence electrons. The lowest BCUT2D eigenvalue weighted by molar-refractivity contribution is -0.147. The van der Waals surface area contributed by atoms with Crippen LogP contribution in [0.2, 0.25) is 0 Å². The fraction of sp³-hybridized carbons (Fsp3) is 0.750.